The SMILES string of the molecule is C[N+](C)(O)CCNC(=O)c1cc(N(CCCl)CCCl)c([N+](=O)[O-])cc1[N+](=O)[O-]. The molecule has 0 radical (unpaired) electrons. The summed E-state index contributed by atoms with van der Waals surface area (Å²) in [7, 11) is 2.99. The van der Waals surface area contributed by atoms with Gasteiger partial charge in [0.05, 0.1) is 36.6 Å². The van der Waals surface area contributed by atoms with E-state index in [1.54, 1.807) is 0 Å². The molecule has 0 aliphatic rings. The van der Waals surface area contributed by atoms with Gasteiger partial charge >= 0.3 is 0 Å². The van der Waals surface area contributed by atoms with Crippen LogP contribution in [0.1, 0.15) is 10.4 Å². The fourth-order valence-corrected chi connectivity index (χ4v) is 2.80. The summed E-state index contributed by atoms with van der Waals surface area (Å²) in [5.41, 5.74) is -1.53. The monoisotopic (exact) mass is 438 g/mol. The van der Waals surface area contributed by atoms with E-state index in [1.165, 1.54) is 19.0 Å². The minimum absolute atomic E-state index is 0.0142. The molecule has 0 aliphatic carbocycles. The van der Waals surface area contributed by atoms with Crippen molar-refractivity contribution in [2.24, 2.45) is 0 Å². The van der Waals surface area contributed by atoms with Gasteiger partial charge in [-0.3, -0.25) is 25.0 Å². The highest BCUT2D eigenvalue weighted by Gasteiger charge is 2.30. The van der Waals surface area contributed by atoms with Crippen LogP contribution in [0.3, 0.4) is 0 Å². The number of quaternary nitrogens is 1. The largest absolute Gasteiger partial charge is 0.364 e. The van der Waals surface area contributed by atoms with Gasteiger partial charge in [0.1, 0.15) is 17.8 Å². The Balaban J connectivity index is 3.40. The number of hydroxylamine groups is 3. The number of carbonyl (C=O) groups is 1. The maximum atomic E-state index is 12.5. The van der Waals surface area contributed by atoms with Crippen molar-refractivity contribution < 1.29 is 24.5 Å². The Kier molecular flexibility index (Phi) is 8.82. The average molecular weight is 439 g/mol. The van der Waals surface area contributed by atoms with Crippen LogP contribution < -0.4 is 10.2 Å². The Hall–Kier alpha value is -2.21. The van der Waals surface area contributed by atoms with Crippen molar-refractivity contribution in [2.75, 3.05) is 56.9 Å². The van der Waals surface area contributed by atoms with E-state index >= 15 is 0 Å². The van der Waals surface area contributed by atoms with Crippen LogP contribution in [-0.2, 0) is 0 Å². The molecule has 11 nitrogen and oxygen atoms in total. The lowest BCUT2D eigenvalue weighted by Gasteiger charge is -2.23. The molecule has 28 heavy (non-hydrogen) atoms. The standard InChI is InChI=1S/C15H21Cl2N5O6/c1-22(2,28)8-5-18-15(23)11-9-13(19(6-3-16)7-4-17)14(21(26)27)10-12(11)20(24)25/h9-10,28H,3-8H2,1-2H3/p+1. The molecule has 0 atom stereocenters. The summed E-state index contributed by atoms with van der Waals surface area (Å²) in [5.74, 6) is -0.514. The molecule has 0 aliphatic heterocycles. The summed E-state index contributed by atoms with van der Waals surface area (Å²) < 4.78 is -0.410. The number of likely N-dealkylation sites (N-methyl/N-ethyl adjacent to an activating group) is 1. The predicted molar refractivity (Wildman–Crippen MR) is 104 cm³/mol. The van der Waals surface area contributed by atoms with Gasteiger partial charge in [-0.2, -0.15) is 4.65 Å². The van der Waals surface area contributed by atoms with Crippen molar-refractivity contribution in [2.45, 2.75) is 0 Å². The second-order valence-electron chi connectivity index (χ2n) is 6.34. The Bertz CT molecular complexity index is 734. The highest BCUT2D eigenvalue weighted by molar-refractivity contribution is 6.18. The van der Waals surface area contributed by atoms with Crippen LogP contribution >= 0.6 is 23.2 Å². The molecule has 1 amide bonds. The lowest BCUT2D eigenvalue weighted by molar-refractivity contribution is -1.07. The molecule has 0 spiro atoms. The van der Waals surface area contributed by atoms with Crippen molar-refractivity contribution in [1.82, 2.24) is 5.32 Å². The number of anilines is 1. The van der Waals surface area contributed by atoms with E-state index in [4.69, 9.17) is 23.2 Å². The number of amides is 1. The second-order valence-corrected chi connectivity index (χ2v) is 7.09. The summed E-state index contributed by atoms with van der Waals surface area (Å²) in [6.07, 6.45) is 0. The molecule has 0 unspecified atom stereocenters. The van der Waals surface area contributed by atoms with Gasteiger partial charge in [-0.15, -0.1) is 23.2 Å². The van der Waals surface area contributed by atoms with E-state index in [0.717, 1.165) is 12.1 Å². The first kappa shape index (κ1) is 23.8. The zero-order valence-electron chi connectivity index (χ0n) is 15.4. The molecular formula is C15H22Cl2N5O6+. The number of hydrogen-bond donors (Lipinski definition) is 2. The van der Waals surface area contributed by atoms with Crippen LogP contribution in [-0.4, -0.2) is 77.6 Å². The predicted octanol–water partition coefficient (Wildman–Crippen LogP) is 1.98. The van der Waals surface area contributed by atoms with Gasteiger partial charge in [0.15, 0.2) is 0 Å². The van der Waals surface area contributed by atoms with Crippen LogP contribution in [0.25, 0.3) is 0 Å². The van der Waals surface area contributed by atoms with E-state index in [1.807, 2.05) is 0 Å². The van der Waals surface area contributed by atoms with E-state index in [-0.39, 0.29) is 49.2 Å². The maximum Gasteiger partial charge on any atom is 0.299 e. The van der Waals surface area contributed by atoms with E-state index in [9.17, 15) is 30.2 Å². The molecule has 13 heteroatoms. The van der Waals surface area contributed by atoms with Crippen molar-refractivity contribution >= 4 is 46.2 Å². The first-order valence-electron chi connectivity index (χ1n) is 8.19. The van der Waals surface area contributed by atoms with E-state index in [0.29, 0.717) is 0 Å². The van der Waals surface area contributed by atoms with Gasteiger partial charge in [-0.05, 0) is 6.07 Å². The maximum absolute atomic E-state index is 12.5. The first-order valence-corrected chi connectivity index (χ1v) is 9.26. The lowest BCUT2D eigenvalue weighted by Crippen LogP contribution is -2.42. The molecule has 0 saturated carbocycles. The molecular weight excluding hydrogens is 417 g/mol. The van der Waals surface area contributed by atoms with Gasteiger partial charge in [0, 0.05) is 24.8 Å². The van der Waals surface area contributed by atoms with Gasteiger partial charge in [0.25, 0.3) is 17.3 Å². The minimum atomic E-state index is -0.856. The summed E-state index contributed by atoms with van der Waals surface area (Å²) in [4.78, 5) is 35.2. The summed E-state index contributed by atoms with van der Waals surface area (Å²) in [6.45, 7) is 0.594. The lowest BCUT2D eigenvalue weighted by atomic mass is 10.1. The van der Waals surface area contributed by atoms with Crippen LogP contribution in [0.5, 0.6) is 0 Å². The molecule has 2 N–H and O–H groups in total. The number of benzene rings is 1. The van der Waals surface area contributed by atoms with E-state index < -0.39 is 31.8 Å². The third-order valence-electron chi connectivity index (χ3n) is 3.73. The minimum Gasteiger partial charge on any atom is -0.364 e. The summed E-state index contributed by atoms with van der Waals surface area (Å²) in [6, 6.07) is 1.86. The summed E-state index contributed by atoms with van der Waals surface area (Å²) in [5, 5.41) is 34.9. The molecule has 1 aromatic carbocycles. The van der Waals surface area contributed by atoms with Crippen molar-refractivity contribution in [3.05, 3.63) is 37.9 Å². The fraction of sp³-hybridized carbons (Fsp3) is 0.533. The van der Waals surface area contributed by atoms with Crippen molar-refractivity contribution in [3.8, 4) is 0 Å². The molecule has 0 aromatic heterocycles. The van der Waals surface area contributed by atoms with Crippen molar-refractivity contribution in [1.29, 1.82) is 0 Å². The molecule has 156 valence electrons. The highest BCUT2D eigenvalue weighted by atomic mass is 35.5. The molecule has 1 aromatic rings. The first-order chi connectivity index (χ1) is 13.0. The quantitative estimate of drug-likeness (QED) is 0.233. The second kappa shape index (κ2) is 10.4. The van der Waals surface area contributed by atoms with E-state index in [2.05, 4.69) is 5.32 Å². The topological polar surface area (TPSA) is 139 Å². The van der Waals surface area contributed by atoms with Crippen LogP contribution in [0.15, 0.2) is 12.1 Å². The highest BCUT2D eigenvalue weighted by Crippen LogP contribution is 2.35. The summed E-state index contributed by atoms with van der Waals surface area (Å²) >= 11 is 11.5. The number of nitrogens with zero attached hydrogens (tertiary/aromatic N) is 4. The van der Waals surface area contributed by atoms with Crippen molar-refractivity contribution in [3.63, 3.8) is 0 Å². The Morgan fingerprint density at radius 3 is 2.11 bits per heavy atom. The number of hydrogen-bond acceptors (Lipinski definition) is 7. The van der Waals surface area contributed by atoms with Gasteiger partial charge in [-0.1, -0.05) is 0 Å². The number of rotatable bonds is 11. The Labute approximate surface area is 171 Å². The van der Waals surface area contributed by atoms with Crippen LogP contribution in [0, 0.1) is 20.2 Å². The number of nitro groups is 2. The molecule has 1 rings (SSSR count). The average Bonchev–Trinajstić information content (AvgIpc) is 2.59. The third-order valence-corrected chi connectivity index (χ3v) is 4.06. The Morgan fingerprint density at radius 1 is 1.14 bits per heavy atom. The fourth-order valence-electron chi connectivity index (χ4n) is 2.39. The zero-order valence-corrected chi connectivity index (χ0v) is 16.9. The third kappa shape index (κ3) is 6.75. The number of nitrogens with one attached hydrogen (secondary N) is 1. The van der Waals surface area contributed by atoms with Gasteiger partial charge < -0.3 is 10.2 Å². The normalized spacial score (nSPS) is 11.2. The van der Waals surface area contributed by atoms with Crippen LogP contribution in [0.4, 0.5) is 17.1 Å². The van der Waals surface area contributed by atoms with Crippen LogP contribution in [0.2, 0.25) is 0 Å². The molecule has 0 heterocycles. The molecule has 0 saturated heterocycles. The molecule has 0 bridgehead atoms. The number of carbonyl (C=O) groups excluding carboxylic acids is 1. The number of halogens is 2. The van der Waals surface area contributed by atoms with Gasteiger partial charge in [0.2, 0.25) is 0 Å². The number of nitro benzene ring substituents is 2. The zero-order chi connectivity index (χ0) is 21.5. The Morgan fingerprint density at radius 2 is 1.68 bits per heavy atom. The molecule has 0 fully saturated rings. The van der Waals surface area contributed by atoms with Gasteiger partial charge in [-0.25, -0.2) is 5.21 Å². The smallest absolute Gasteiger partial charge is 0.299 e. The number of alkyl halides is 2.